The third kappa shape index (κ3) is 3.50. The number of fused-ring (bicyclic) bond motifs is 1. The monoisotopic (exact) mass is 285 g/mol. The molecule has 1 aliphatic rings. The van der Waals surface area contributed by atoms with Crippen LogP contribution >= 0.6 is 0 Å². The first-order chi connectivity index (χ1) is 9.00. The van der Waals surface area contributed by atoms with Crippen LogP contribution < -0.4 is 14.8 Å². The Balaban J connectivity index is 2.06. The zero-order valence-corrected chi connectivity index (χ0v) is 11.2. The van der Waals surface area contributed by atoms with E-state index in [9.17, 15) is 13.2 Å². The lowest BCUT2D eigenvalue weighted by Gasteiger charge is -2.10. The zero-order valence-electron chi connectivity index (χ0n) is 10.4. The molecule has 0 radical (unpaired) electrons. The Morgan fingerprint density at radius 2 is 2.26 bits per heavy atom. The molecule has 8 heteroatoms. The Bertz CT molecular complexity index is 586. The number of ether oxygens (including phenoxy) is 1. The third-order valence-electron chi connectivity index (χ3n) is 2.56. The number of hydrogen-bond acceptors (Lipinski definition) is 5. The molecule has 0 unspecified atom stereocenters. The largest absolute Gasteiger partial charge is 0.449 e. The zero-order chi connectivity index (χ0) is 13.9. The van der Waals surface area contributed by atoms with Gasteiger partial charge < -0.3 is 10.1 Å². The van der Waals surface area contributed by atoms with Crippen molar-refractivity contribution in [3.05, 3.63) is 23.8 Å². The molecule has 1 aromatic carbocycles. The summed E-state index contributed by atoms with van der Waals surface area (Å²) in [6.45, 7) is 2.53. The fourth-order valence-electron chi connectivity index (χ4n) is 1.82. The summed E-state index contributed by atoms with van der Waals surface area (Å²) >= 11 is 0. The highest BCUT2D eigenvalue weighted by molar-refractivity contribution is 7.91. The molecule has 0 aromatic heterocycles. The lowest BCUT2D eigenvalue weighted by atomic mass is 10.1. The fourth-order valence-corrected chi connectivity index (χ4v) is 2.59. The van der Waals surface area contributed by atoms with E-state index in [0.717, 1.165) is 24.2 Å². The second kappa shape index (κ2) is 5.35. The minimum Gasteiger partial charge on any atom is -0.449 e. The number of carbonyl (C=O) groups is 1. The van der Waals surface area contributed by atoms with Gasteiger partial charge in [0.05, 0.1) is 12.3 Å². The van der Waals surface area contributed by atoms with Crippen LogP contribution in [0.25, 0.3) is 0 Å². The SMILES string of the molecule is CCOC(=O)NS(=O)(=O)Nc1ccc2c(c1)CCN2. The average molecular weight is 285 g/mol. The van der Waals surface area contributed by atoms with Gasteiger partial charge in [-0.05, 0) is 37.1 Å². The molecule has 0 aliphatic carbocycles. The Labute approximate surface area is 111 Å². The maximum absolute atomic E-state index is 11.6. The summed E-state index contributed by atoms with van der Waals surface area (Å²) in [6, 6.07) is 5.16. The number of amides is 1. The summed E-state index contributed by atoms with van der Waals surface area (Å²) in [7, 11) is -3.97. The maximum atomic E-state index is 11.6. The standard InChI is InChI=1S/C11H15N3O4S/c1-2-18-11(15)14-19(16,17)13-9-3-4-10-8(7-9)5-6-12-10/h3-4,7,12-13H,2,5-6H2,1H3,(H,14,15). The van der Waals surface area contributed by atoms with E-state index < -0.39 is 16.3 Å². The van der Waals surface area contributed by atoms with E-state index in [-0.39, 0.29) is 6.61 Å². The molecular weight excluding hydrogens is 270 g/mol. The molecule has 1 amide bonds. The molecule has 104 valence electrons. The van der Waals surface area contributed by atoms with Gasteiger partial charge in [-0.15, -0.1) is 0 Å². The smallest absolute Gasteiger partial charge is 0.422 e. The van der Waals surface area contributed by atoms with Gasteiger partial charge >= 0.3 is 16.3 Å². The van der Waals surface area contributed by atoms with Crippen molar-refractivity contribution in [1.82, 2.24) is 4.72 Å². The summed E-state index contributed by atoms with van der Waals surface area (Å²) in [4.78, 5) is 11.1. The first kappa shape index (κ1) is 13.5. The molecule has 7 nitrogen and oxygen atoms in total. The minimum absolute atomic E-state index is 0.103. The first-order valence-electron chi connectivity index (χ1n) is 5.84. The van der Waals surface area contributed by atoms with Crippen molar-refractivity contribution in [1.29, 1.82) is 0 Å². The second-order valence-electron chi connectivity index (χ2n) is 3.98. The quantitative estimate of drug-likeness (QED) is 0.768. The number of hydrogen-bond donors (Lipinski definition) is 3. The highest BCUT2D eigenvalue weighted by atomic mass is 32.2. The van der Waals surface area contributed by atoms with Gasteiger partial charge in [-0.25, -0.2) is 9.52 Å². The van der Waals surface area contributed by atoms with Crippen LogP contribution in [0.15, 0.2) is 18.2 Å². The normalized spacial score (nSPS) is 13.3. The highest BCUT2D eigenvalue weighted by Gasteiger charge is 2.16. The van der Waals surface area contributed by atoms with Gasteiger partial charge in [0.15, 0.2) is 0 Å². The molecule has 0 saturated carbocycles. The van der Waals surface area contributed by atoms with Crippen LogP contribution in [0.2, 0.25) is 0 Å². The lowest BCUT2D eigenvalue weighted by Crippen LogP contribution is -2.35. The van der Waals surface area contributed by atoms with Crippen molar-refractivity contribution in [2.75, 3.05) is 23.2 Å². The van der Waals surface area contributed by atoms with Crippen LogP contribution in [0, 0.1) is 0 Å². The van der Waals surface area contributed by atoms with E-state index >= 15 is 0 Å². The Morgan fingerprint density at radius 3 is 3.00 bits per heavy atom. The van der Waals surface area contributed by atoms with Crippen LogP contribution in [0.4, 0.5) is 16.2 Å². The molecule has 1 aliphatic heterocycles. The van der Waals surface area contributed by atoms with Crippen LogP contribution in [0.1, 0.15) is 12.5 Å². The van der Waals surface area contributed by atoms with Gasteiger partial charge in [-0.2, -0.15) is 8.42 Å². The van der Waals surface area contributed by atoms with Crippen LogP contribution in [-0.4, -0.2) is 27.7 Å². The topological polar surface area (TPSA) is 96.5 Å². The van der Waals surface area contributed by atoms with E-state index in [1.807, 2.05) is 0 Å². The Hall–Kier alpha value is -1.96. The summed E-state index contributed by atoms with van der Waals surface area (Å²) < 4.78 is 31.8. The predicted molar refractivity (Wildman–Crippen MR) is 71.3 cm³/mol. The van der Waals surface area contributed by atoms with E-state index in [1.165, 1.54) is 0 Å². The lowest BCUT2D eigenvalue weighted by molar-refractivity contribution is 0.159. The summed E-state index contributed by atoms with van der Waals surface area (Å²) in [5.74, 6) is 0. The van der Waals surface area contributed by atoms with Crippen LogP contribution in [0.3, 0.4) is 0 Å². The van der Waals surface area contributed by atoms with Crippen molar-refractivity contribution >= 4 is 27.7 Å². The third-order valence-corrected chi connectivity index (χ3v) is 3.50. The summed E-state index contributed by atoms with van der Waals surface area (Å²) in [5, 5.41) is 3.17. The van der Waals surface area contributed by atoms with Crippen LogP contribution in [0.5, 0.6) is 0 Å². The predicted octanol–water partition coefficient (Wildman–Crippen LogP) is 1.06. The average Bonchev–Trinajstić information content (AvgIpc) is 2.74. The highest BCUT2D eigenvalue weighted by Crippen LogP contribution is 2.25. The fraction of sp³-hybridized carbons (Fsp3) is 0.364. The minimum atomic E-state index is -3.97. The molecule has 2 rings (SSSR count). The molecule has 1 heterocycles. The maximum Gasteiger partial charge on any atom is 0.422 e. The summed E-state index contributed by atoms with van der Waals surface area (Å²) in [5.41, 5.74) is 2.44. The van der Waals surface area contributed by atoms with Crippen LogP contribution in [-0.2, 0) is 21.4 Å². The molecule has 0 fully saturated rings. The van der Waals surface area contributed by atoms with Gasteiger partial charge in [-0.3, -0.25) is 4.72 Å². The first-order valence-corrected chi connectivity index (χ1v) is 7.32. The molecule has 0 spiro atoms. The molecule has 19 heavy (non-hydrogen) atoms. The summed E-state index contributed by atoms with van der Waals surface area (Å²) in [6.07, 6.45) is -0.159. The molecule has 0 atom stereocenters. The van der Waals surface area contributed by atoms with E-state index in [0.29, 0.717) is 5.69 Å². The molecule has 1 aromatic rings. The molecular formula is C11H15N3O4S. The number of benzene rings is 1. The number of carbonyl (C=O) groups excluding carboxylic acids is 1. The van der Waals surface area contributed by atoms with Gasteiger partial charge in [0.1, 0.15) is 0 Å². The van der Waals surface area contributed by atoms with E-state index in [4.69, 9.17) is 0 Å². The van der Waals surface area contributed by atoms with Gasteiger partial charge in [0.2, 0.25) is 0 Å². The van der Waals surface area contributed by atoms with Gasteiger partial charge in [0, 0.05) is 12.2 Å². The number of anilines is 2. The second-order valence-corrected chi connectivity index (χ2v) is 5.39. The Kier molecular flexibility index (Phi) is 3.79. The molecule has 0 saturated heterocycles. The van der Waals surface area contributed by atoms with Crippen molar-refractivity contribution in [3.8, 4) is 0 Å². The van der Waals surface area contributed by atoms with Gasteiger partial charge in [-0.1, -0.05) is 0 Å². The Morgan fingerprint density at radius 1 is 1.47 bits per heavy atom. The number of rotatable bonds is 4. The van der Waals surface area contributed by atoms with Crippen molar-refractivity contribution in [2.45, 2.75) is 13.3 Å². The van der Waals surface area contributed by atoms with Crippen molar-refractivity contribution < 1.29 is 17.9 Å². The van der Waals surface area contributed by atoms with E-state index in [1.54, 1.807) is 29.8 Å². The van der Waals surface area contributed by atoms with Gasteiger partial charge in [0.25, 0.3) is 0 Å². The van der Waals surface area contributed by atoms with E-state index in [2.05, 4.69) is 14.8 Å². The molecule has 3 N–H and O–H groups in total. The van der Waals surface area contributed by atoms with Crippen molar-refractivity contribution in [3.63, 3.8) is 0 Å². The number of nitrogens with one attached hydrogen (secondary N) is 3. The van der Waals surface area contributed by atoms with Crippen molar-refractivity contribution in [2.24, 2.45) is 0 Å². The molecule has 0 bridgehead atoms.